The molecule has 1 aromatic carbocycles. The number of H-pyrrole nitrogens is 1. The number of fused-ring (bicyclic) bond motifs is 1. The number of hydrogen-bond acceptors (Lipinski definition) is 4. The van der Waals surface area contributed by atoms with Crippen molar-refractivity contribution in [2.75, 3.05) is 6.54 Å². The third kappa shape index (κ3) is 3.02. The van der Waals surface area contributed by atoms with E-state index in [0.29, 0.717) is 5.39 Å². The smallest absolute Gasteiger partial charge is 0.157 e. The van der Waals surface area contributed by atoms with Gasteiger partial charge in [-0.25, -0.2) is 18.2 Å². The van der Waals surface area contributed by atoms with Gasteiger partial charge < -0.3 is 20.9 Å². The summed E-state index contributed by atoms with van der Waals surface area (Å²) in [4.78, 5) is 6.97. The van der Waals surface area contributed by atoms with E-state index in [-0.39, 0.29) is 41.0 Å². The highest BCUT2D eigenvalue weighted by atomic mass is 19.1. The lowest BCUT2D eigenvalue weighted by Crippen LogP contribution is -2.46. The first kappa shape index (κ1) is 19.9. The number of nitrogens with zero attached hydrogens (tertiary/aromatic N) is 1. The van der Waals surface area contributed by atoms with Crippen LogP contribution in [0.4, 0.5) is 13.2 Å². The SMILES string of the molecule is CC(C)(O)c1cc([C@](O)(CN)C2(F)CC2)nc(-c2cc3cccc(F)c3[nH]2)c1F. The number of para-hydroxylation sites is 1. The Hall–Kier alpha value is -2.42. The van der Waals surface area contributed by atoms with Crippen LogP contribution in [0.3, 0.4) is 0 Å². The molecule has 0 saturated heterocycles. The number of halogens is 3. The van der Waals surface area contributed by atoms with Crippen molar-refractivity contribution < 1.29 is 23.4 Å². The molecule has 0 spiro atoms. The number of nitrogens with two attached hydrogens (primary N) is 1. The molecule has 0 unspecified atom stereocenters. The third-order valence-electron chi connectivity index (χ3n) is 5.63. The Kier molecular flexibility index (Phi) is 4.31. The average Bonchev–Trinajstić information content (AvgIpc) is 3.26. The minimum atomic E-state index is -2.13. The van der Waals surface area contributed by atoms with Gasteiger partial charge in [0.15, 0.2) is 11.4 Å². The van der Waals surface area contributed by atoms with E-state index < -0.39 is 35.1 Å². The van der Waals surface area contributed by atoms with Crippen LogP contribution in [0.1, 0.15) is 37.9 Å². The largest absolute Gasteiger partial charge is 0.386 e. The van der Waals surface area contributed by atoms with Gasteiger partial charge in [-0.1, -0.05) is 12.1 Å². The molecule has 8 heteroatoms. The summed E-state index contributed by atoms with van der Waals surface area (Å²) in [6, 6.07) is 7.08. The summed E-state index contributed by atoms with van der Waals surface area (Å²) in [5.74, 6) is -1.37. The average molecular weight is 405 g/mol. The van der Waals surface area contributed by atoms with E-state index in [0.717, 1.165) is 6.07 Å². The number of pyridine rings is 1. The molecule has 1 aliphatic carbocycles. The standard InChI is InChI=1S/C21H22F3N3O2/c1-19(2,28)12-9-15(21(29,10-25)20(24)6-7-20)27-18(16(12)23)14-8-11-4-3-5-13(22)17(11)26-14/h3-5,8-9,26,28-29H,6-7,10,25H2,1-2H3/t21-/m1/s1. The van der Waals surface area contributed by atoms with Crippen molar-refractivity contribution in [2.45, 2.75) is 43.6 Å². The second-order valence-electron chi connectivity index (χ2n) is 8.19. The lowest BCUT2D eigenvalue weighted by atomic mass is 9.87. The second kappa shape index (κ2) is 6.29. The summed E-state index contributed by atoms with van der Waals surface area (Å²) in [5.41, 5.74) is -0.355. The molecule has 1 fully saturated rings. The summed E-state index contributed by atoms with van der Waals surface area (Å²) in [7, 11) is 0. The van der Waals surface area contributed by atoms with Crippen LogP contribution in [0.15, 0.2) is 30.3 Å². The van der Waals surface area contributed by atoms with Gasteiger partial charge >= 0.3 is 0 Å². The summed E-state index contributed by atoms with van der Waals surface area (Å²) in [6.07, 6.45) is 0.203. The van der Waals surface area contributed by atoms with E-state index >= 15 is 4.39 Å². The Labute approximate surface area is 165 Å². The second-order valence-corrected chi connectivity index (χ2v) is 8.19. The van der Waals surface area contributed by atoms with Crippen molar-refractivity contribution in [2.24, 2.45) is 5.73 Å². The highest BCUT2D eigenvalue weighted by molar-refractivity contribution is 5.85. The molecule has 5 N–H and O–H groups in total. The molecule has 0 radical (unpaired) electrons. The fraction of sp³-hybridized carbons (Fsp3) is 0.381. The molecule has 4 rings (SSSR count). The van der Waals surface area contributed by atoms with Crippen LogP contribution in [0.2, 0.25) is 0 Å². The molecule has 3 aromatic rings. The number of hydrogen-bond donors (Lipinski definition) is 4. The minimum Gasteiger partial charge on any atom is -0.386 e. The normalized spacial score (nSPS) is 18.1. The van der Waals surface area contributed by atoms with Crippen LogP contribution in [0, 0.1) is 11.6 Å². The van der Waals surface area contributed by atoms with Crippen LogP contribution in [-0.2, 0) is 11.2 Å². The summed E-state index contributed by atoms with van der Waals surface area (Å²) in [6.45, 7) is 2.27. The van der Waals surface area contributed by atoms with Crippen molar-refractivity contribution in [1.29, 1.82) is 0 Å². The summed E-state index contributed by atoms with van der Waals surface area (Å²) in [5, 5.41) is 21.9. The fourth-order valence-corrected chi connectivity index (χ4v) is 3.65. The molecule has 5 nitrogen and oxygen atoms in total. The maximum absolute atomic E-state index is 15.3. The van der Waals surface area contributed by atoms with Gasteiger partial charge in [0.25, 0.3) is 0 Å². The van der Waals surface area contributed by atoms with E-state index in [1.165, 1.54) is 32.0 Å². The first-order valence-electron chi connectivity index (χ1n) is 9.33. The Morgan fingerprint density at radius 3 is 2.45 bits per heavy atom. The van der Waals surface area contributed by atoms with Gasteiger partial charge in [-0.15, -0.1) is 0 Å². The number of benzene rings is 1. The van der Waals surface area contributed by atoms with Crippen LogP contribution >= 0.6 is 0 Å². The summed E-state index contributed by atoms with van der Waals surface area (Å²) >= 11 is 0. The number of alkyl halides is 1. The topological polar surface area (TPSA) is 95.2 Å². The molecule has 0 bridgehead atoms. The van der Waals surface area contributed by atoms with Crippen molar-refractivity contribution in [3.8, 4) is 11.4 Å². The summed E-state index contributed by atoms with van der Waals surface area (Å²) < 4.78 is 44.3. The van der Waals surface area contributed by atoms with Gasteiger partial charge in [0.1, 0.15) is 17.2 Å². The molecular formula is C21H22F3N3O2. The van der Waals surface area contributed by atoms with Gasteiger partial charge in [0.05, 0.1) is 22.5 Å². The van der Waals surface area contributed by atoms with Crippen molar-refractivity contribution in [3.63, 3.8) is 0 Å². The maximum Gasteiger partial charge on any atom is 0.157 e. The maximum atomic E-state index is 15.3. The monoisotopic (exact) mass is 405 g/mol. The Balaban J connectivity index is 1.99. The Morgan fingerprint density at radius 2 is 1.90 bits per heavy atom. The lowest BCUT2D eigenvalue weighted by molar-refractivity contribution is -0.0520. The zero-order chi connectivity index (χ0) is 21.2. The molecule has 2 aromatic heterocycles. The van der Waals surface area contributed by atoms with Crippen molar-refractivity contribution in [1.82, 2.24) is 9.97 Å². The van der Waals surface area contributed by atoms with Crippen molar-refractivity contribution in [3.05, 3.63) is 53.2 Å². The molecule has 1 atom stereocenters. The molecule has 0 amide bonds. The van der Waals surface area contributed by atoms with Crippen molar-refractivity contribution >= 4 is 10.9 Å². The van der Waals surface area contributed by atoms with Crippen LogP contribution in [-0.4, -0.2) is 32.4 Å². The molecule has 2 heterocycles. The highest BCUT2D eigenvalue weighted by Crippen LogP contribution is 2.53. The van der Waals surface area contributed by atoms with Gasteiger partial charge in [-0.05, 0) is 44.9 Å². The van der Waals surface area contributed by atoms with E-state index in [1.54, 1.807) is 6.07 Å². The molecule has 1 saturated carbocycles. The van der Waals surface area contributed by atoms with E-state index in [1.807, 2.05) is 0 Å². The lowest BCUT2D eigenvalue weighted by Gasteiger charge is -2.31. The molecule has 29 heavy (non-hydrogen) atoms. The Morgan fingerprint density at radius 1 is 1.21 bits per heavy atom. The Bertz CT molecular complexity index is 1100. The third-order valence-corrected chi connectivity index (χ3v) is 5.63. The number of aromatic nitrogens is 2. The minimum absolute atomic E-state index is 0.102. The first-order valence-corrected chi connectivity index (χ1v) is 9.33. The van der Waals surface area contributed by atoms with Gasteiger partial charge in [0, 0.05) is 17.5 Å². The highest BCUT2D eigenvalue weighted by Gasteiger charge is 2.61. The van der Waals surface area contributed by atoms with Gasteiger partial charge in [0.2, 0.25) is 0 Å². The predicted octanol–water partition coefficient (Wildman–Crippen LogP) is 3.38. The fourth-order valence-electron chi connectivity index (χ4n) is 3.65. The zero-order valence-corrected chi connectivity index (χ0v) is 16.1. The zero-order valence-electron chi connectivity index (χ0n) is 16.1. The van der Waals surface area contributed by atoms with E-state index in [2.05, 4.69) is 9.97 Å². The number of aliphatic hydroxyl groups is 2. The predicted molar refractivity (Wildman–Crippen MR) is 103 cm³/mol. The van der Waals surface area contributed by atoms with Gasteiger partial charge in [-0.3, -0.25) is 0 Å². The molecule has 1 aliphatic rings. The number of rotatable bonds is 5. The van der Waals surface area contributed by atoms with Crippen LogP contribution in [0.5, 0.6) is 0 Å². The quantitative estimate of drug-likeness (QED) is 0.523. The van der Waals surface area contributed by atoms with E-state index in [4.69, 9.17) is 5.73 Å². The number of nitrogens with one attached hydrogen (secondary N) is 1. The molecular weight excluding hydrogens is 383 g/mol. The molecule has 0 aliphatic heterocycles. The molecule has 154 valence electrons. The van der Waals surface area contributed by atoms with Crippen LogP contribution < -0.4 is 5.73 Å². The number of aromatic amines is 1. The van der Waals surface area contributed by atoms with E-state index in [9.17, 15) is 19.0 Å². The van der Waals surface area contributed by atoms with Gasteiger partial charge in [-0.2, -0.15) is 0 Å². The first-order chi connectivity index (χ1) is 13.5. The van der Waals surface area contributed by atoms with Crippen LogP contribution in [0.25, 0.3) is 22.3 Å².